The number of thioether (sulfide) groups is 1. The molecule has 2 aromatic carbocycles. The van der Waals surface area contributed by atoms with Crippen LogP contribution in [0, 0.1) is 10.1 Å². The van der Waals surface area contributed by atoms with Crippen LogP contribution in [-0.2, 0) is 11.8 Å². The van der Waals surface area contributed by atoms with Gasteiger partial charge < -0.3 is 9.88 Å². The number of carbonyl (C=O) groups is 1. The van der Waals surface area contributed by atoms with Crippen molar-refractivity contribution in [2.45, 2.75) is 5.16 Å². The SMILES string of the molecule is Cn1c(SCC(=O)Nc2ccc([N+](=O)[O-])cc2Br)nnc1-c1ccccc1Cl. The van der Waals surface area contributed by atoms with Crippen molar-refractivity contribution in [3.63, 3.8) is 0 Å². The maximum Gasteiger partial charge on any atom is 0.270 e. The van der Waals surface area contributed by atoms with E-state index in [1.165, 1.54) is 30.0 Å². The Morgan fingerprint density at radius 1 is 1.32 bits per heavy atom. The molecule has 0 saturated carbocycles. The van der Waals surface area contributed by atoms with Gasteiger partial charge in [-0.2, -0.15) is 0 Å². The fraction of sp³-hybridized carbons (Fsp3) is 0.118. The van der Waals surface area contributed by atoms with Crippen LogP contribution in [0.2, 0.25) is 5.02 Å². The number of hydrogen-bond acceptors (Lipinski definition) is 6. The molecule has 1 aromatic heterocycles. The fourth-order valence-electron chi connectivity index (χ4n) is 2.35. The lowest BCUT2D eigenvalue weighted by Crippen LogP contribution is -2.15. The van der Waals surface area contributed by atoms with Crippen LogP contribution in [0.25, 0.3) is 11.4 Å². The number of benzene rings is 2. The predicted molar refractivity (Wildman–Crippen MR) is 112 cm³/mol. The van der Waals surface area contributed by atoms with Crippen molar-refractivity contribution >= 4 is 56.6 Å². The van der Waals surface area contributed by atoms with Crippen LogP contribution in [0.4, 0.5) is 11.4 Å². The van der Waals surface area contributed by atoms with Gasteiger partial charge >= 0.3 is 0 Å². The molecule has 28 heavy (non-hydrogen) atoms. The summed E-state index contributed by atoms with van der Waals surface area (Å²) in [4.78, 5) is 22.5. The predicted octanol–water partition coefficient (Wildman–Crippen LogP) is 4.54. The third kappa shape index (κ3) is 4.51. The van der Waals surface area contributed by atoms with Crippen LogP contribution in [0.15, 0.2) is 52.1 Å². The lowest BCUT2D eigenvalue weighted by molar-refractivity contribution is -0.384. The number of aromatic nitrogens is 3. The average molecular weight is 483 g/mol. The summed E-state index contributed by atoms with van der Waals surface area (Å²) in [6, 6.07) is 11.4. The standard InChI is InChI=1S/C17H13BrClN5O3S/c1-23-16(11-4-2-3-5-13(11)19)21-22-17(23)28-9-15(25)20-14-7-6-10(24(26)27)8-12(14)18/h2-8H,9H2,1H3,(H,20,25). The van der Waals surface area contributed by atoms with Gasteiger partial charge in [0.1, 0.15) is 0 Å². The number of non-ortho nitro benzene ring substituents is 1. The summed E-state index contributed by atoms with van der Waals surface area (Å²) >= 11 is 10.6. The molecular weight excluding hydrogens is 470 g/mol. The lowest BCUT2D eigenvalue weighted by atomic mass is 10.2. The van der Waals surface area contributed by atoms with Crippen LogP contribution in [-0.4, -0.2) is 31.3 Å². The molecule has 0 bridgehead atoms. The molecule has 8 nitrogen and oxygen atoms in total. The van der Waals surface area contributed by atoms with Crippen LogP contribution in [0.3, 0.4) is 0 Å². The molecule has 1 heterocycles. The molecule has 0 unspecified atom stereocenters. The number of halogens is 2. The van der Waals surface area contributed by atoms with E-state index in [1.54, 1.807) is 17.7 Å². The van der Waals surface area contributed by atoms with E-state index in [0.717, 1.165) is 5.56 Å². The van der Waals surface area contributed by atoms with Crippen molar-refractivity contribution in [3.05, 3.63) is 62.1 Å². The van der Waals surface area contributed by atoms with E-state index in [-0.39, 0.29) is 17.3 Å². The second kappa shape index (κ2) is 8.72. The highest BCUT2D eigenvalue weighted by Gasteiger charge is 2.16. The summed E-state index contributed by atoms with van der Waals surface area (Å²) in [5.74, 6) is 0.422. The van der Waals surface area contributed by atoms with Gasteiger partial charge in [0.2, 0.25) is 5.91 Å². The second-order valence-corrected chi connectivity index (χ2v) is 7.81. The number of hydrogen-bond donors (Lipinski definition) is 1. The summed E-state index contributed by atoms with van der Waals surface area (Å²) in [6.45, 7) is 0. The fourth-order valence-corrected chi connectivity index (χ4v) is 3.75. The van der Waals surface area contributed by atoms with Gasteiger partial charge in [0.05, 0.1) is 21.4 Å². The maximum absolute atomic E-state index is 12.2. The van der Waals surface area contributed by atoms with E-state index in [2.05, 4.69) is 31.4 Å². The number of rotatable bonds is 6. The third-order valence-corrected chi connectivity index (χ3v) is 5.73. The smallest absolute Gasteiger partial charge is 0.270 e. The number of anilines is 1. The molecule has 3 aromatic rings. The van der Waals surface area contributed by atoms with Gasteiger partial charge in [-0.3, -0.25) is 14.9 Å². The largest absolute Gasteiger partial charge is 0.324 e. The molecule has 0 aliphatic heterocycles. The van der Waals surface area contributed by atoms with Crippen molar-refractivity contribution in [1.29, 1.82) is 0 Å². The minimum Gasteiger partial charge on any atom is -0.324 e. The zero-order chi connectivity index (χ0) is 20.3. The van der Waals surface area contributed by atoms with Crippen molar-refractivity contribution in [1.82, 2.24) is 14.8 Å². The first-order valence-electron chi connectivity index (χ1n) is 7.87. The van der Waals surface area contributed by atoms with Gasteiger partial charge in [-0.15, -0.1) is 10.2 Å². The van der Waals surface area contributed by atoms with Gasteiger partial charge in [-0.05, 0) is 34.1 Å². The Hall–Kier alpha value is -2.43. The first-order valence-corrected chi connectivity index (χ1v) is 10.0. The Morgan fingerprint density at radius 2 is 2.07 bits per heavy atom. The molecule has 0 atom stereocenters. The van der Waals surface area contributed by atoms with E-state index in [0.29, 0.717) is 26.2 Å². The number of nitro benzene ring substituents is 1. The minimum absolute atomic E-state index is 0.0644. The van der Waals surface area contributed by atoms with Crippen LogP contribution >= 0.6 is 39.3 Å². The van der Waals surface area contributed by atoms with E-state index in [4.69, 9.17) is 11.6 Å². The Balaban J connectivity index is 1.66. The van der Waals surface area contributed by atoms with Crippen LogP contribution < -0.4 is 5.32 Å². The monoisotopic (exact) mass is 481 g/mol. The number of carbonyl (C=O) groups excluding carboxylic acids is 1. The summed E-state index contributed by atoms with van der Waals surface area (Å²) in [7, 11) is 1.80. The quantitative estimate of drug-likeness (QED) is 0.314. The highest BCUT2D eigenvalue weighted by atomic mass is 79.9. The molecule has 0 aliphatic carbocycles. The van der Waals surface area contributed by atoms with E-state index in [1.807, 2.05) is 18.2 Å². The molecule has 0 saturated heterocycles. The molecule has 1 amide bonds. The summed E-state index contributed by atoms with van der Waals surface area (Å²) in [5, 5.41) is 22.9. The molecule has 144 valence electrons. The number of nitrogens with one attached hydrogen (secondary N) is 1. The lowest BCUT2D eigenvalue weighted by Gasteiger charge is -2.07. The minimum atomic E-state index is -0.503. The first kappa shape index (κ1) is 20.3. The molecule has 0 spiro atoms. The molecular formula is C17H13BrClN5O3S. The average Bonchev–Trinajstić information content (AvgIpc) is 3.02. The maximum atomic E-state index is 12.2. The van der Waals surface area contributed by atoms with Crippen molar-refractivity contribution in [2.24, 2.45) is 7.05 Å². The first-order chi connectivity index (χ1) is 13.4. The summed E-state index contributed by atoms with van der Waals surface area (Å²) < 4.78 is 2.20. The zero-order valence-electron chi connectivity index (χ0n) is 14.4. The third-order valence-electron chi connectivity index (χ3n) is 3.72. The Morgan fingerprint density at radius 3 is 2.75 bits per heavy atom. The van der Waals surface area contributed by atoms with E-state index >= 15 is 0 Å². The van der Waals surface area contributed by atoms with Gasteiger partial charge in [-0.25, -0.2) is 0 Å². The van der Waals surface area contributed by atoms with Gasteiger partial charge in [0, 0.05) is 29.2 Å². The van der Waals surface area contributed by atoms with Crippen molar-refractivity contribution in [2.75, 3.05) is 11.1 Å². The topological polar surface area (TPSA) is 103 Å². The normalized spacial score (nSPS) is 10.7. The number of nitrogens with zero attached hydrogens (tertiary/aromatic N) is 4. The highest BCUT2D eigenvalue weighted by molar-refractivity contribution is 9.10. The number of nitro groups is 1. The zero-order valence-corrected chi connectivity index (χ0v) is 17.6. The second-order valence-electron chi connectivity index (χ2n) is 5.60. The van der Waals surface area contributed by atoms with Gasteiger partial charge in [-0.1, -0.05) is 35.5 Å². The Bertz CT molecular complexity index is 1060. The molecule has 11 heteroatoms. The highest BCUT2D eigenvalue weighted by Crippen LogP contribution is 2.29. The van der Waals surface area contributed by atoms with Crippen LogP contribution in [0.5, 0.6) is 0 Å². The molecule has 0 radical (unpaired) electrons. The van der Waals surface area contributed by atoms with Gasteiger partial charge in [0.25, 0.3) is 5.69 Å². The van der Waals surface area contributed by atoms with Crippen molar-refractivity contribution in [3.8, 4) is 11.4 Å². The Labute approximate surface area is 177 Å². The molecule has 3 rings (SSSR count). The summed E-state index contributed by atoms with van der Waals surface area (Å²) in [5.41, 5.74) is 1.14. The number of amides is 1. The molecule has 0 fully saturated rings. The Kier molecular flexibility index (Phi) is 6.32. The van der Waals surface area contributed by atoms with Crippen LogP contribution in [0.1, 0.15) is 0 Å². The van der Waals surface area contributed by atoms with E-state index < -0.39 is 4.92 Å². The molecule has 1 N–H and O–H groups in total. The van der Waals surface area contributed by atoms with Crippen molar-refractivity contribution < 1.29 is 9.72 Å². The summed E-state index contributed by atoms with van der Waals surface area (Å²) in [6.07, 6.45) is 0. The molecule has 0 aliphatic rings. The van der Waals surface area contributed by atoms with Gasteiger partial charge in [0.15, 0.2) is 11.0 Å². The van der Waals surface area contributed by atoms with E-state index in [9.17, 15) is 14.9 Å².